The molecule has 37 heavy (non-hydrogen) atoms. The van der Waals surface area contributed by atoms with Gasteiger partial charge >= 0.3 is 17.9 Å². The van der Waals surface area contributed by atoms with Gasteiger partial charge in [0.05, 0.1) is 19.5 Å². The van der Waals surface area contributed by atoms with Gasteiger partial charge in [-0.3, -0.25) is 33.9 Å². The lowest BCUT2D eigenvalue weighted by Gasteiger charge is -2.33. The summed E-state index contributed by atoms with van der Waals surface area (Å²) in [6.45, 7) is 15.9. The molecule has 0 aromatic rings. The first kappa shape index (κ1) is 32.7. The summed E-state index contributed by atoms with van der Waals surface area (Å²) >= 11 is 0. The largest absolute Gasteiger partial charge is 0.480 e. The Balaban J connectivity index is 2.94. The zero-order valence-corrected chi connectivity index (χ0v) is 23.4. The van der Waals surface area contributed by atoms with Gasteiger partial charge < -0.3 is 24.2 Å². The second-order valence-electron chi connectivity index (χ2n) is 11.2. The van der Waals surface area contributed by atoms with Crippen LogP contribution in [0.3, 0.4) is 0 Å². The van der Waals surface area contributed by atoms with Gasteiger partial charge in [0.15, 0.2) is 0 Å². The van der Waals surface area contributed by atoms with Crippen molar-refractivity contribution in [2.24, 2.45) is 0 Å². The maximum absolute atomic E-state index is 12.5. The highest BCUT2D eigenvalue weighted by molar-refractivity contribution is 5.72. The van der Waals surface area contributed by atoms with E-state index in [2.05, 4.69) is 4.90 Å². The SMILES string of the molecule is CC(C)(C)OC(=O)CCN1CCN(COC=O)CCN(CC(=O)OC(C)(C)C)CCN(CC(=O)O)CC1. The molecular formula is C25H46N4O8. The van der Waals surface area contributed by atoms with Crippen LogP contribution in [0, 0.1) is 0 Å². The summed E-state index contributed by atoms with van der Waals surface area (Å²) in [5, 5.41) is 9.41. The van der Waals surface area contributed by atoms with Crippen molar-refractivity contribution in [3.8, 4) is 0 Å². The topological polar surface area (TPSA) is 129 Å². The third-order valence-corrected chi connectivity index (χ3v) is 5.44. The molecule has 1 heterocycles. The minimum absolute atomic E-state index is 0.0720. The molecule has 0 amide bonds. The van der Waals surface area contributed by atoms with E-state index in [0.717, 1.165) is 0 Å². The van der Waals surface area contributed by atoms with Gasteiger partial charge in [-0.15, -0.1) is 0 Å². The van der Waals surface area contributed by atoms with Crippen molar-refractivity contribution in [1.29, 1.82) is 0 Å². The molecule has 1 aliphatic heterocycles. The molecule has 0 bridgehead atoms. The predicted octanol–water partition coefficient (Wildman–Crippen LogP) is 0.497. The number of carbonyl (C=O) groups is 4. The number of ether oxygens (including phenoxy) is 3. The number of nitrogens with zero attached hydrogens (tertiary/aromatic N) is 4. The van der Waals surface area contributed by atoms with Crippen LogP contribution in [0.2, 0.25) is 0 Å². The molecule has 0 atom stereocenters. The summed E-state index contributed by atoms with van der Waals surface area (Å²) in [4.78, 5) is 54.8. The standard InChI is InChI=1S/C25H46N4O8/c1-24(2,3)36-22(33)7-8-26-9-11-27(17-21(31)32)12-13-28(18-23(34)37-25(4,5)6)14-16-29(15-10-26)19-35-20-30/h20H,7-19H2,1-6H3,(H,31,32). The molecule has 0 aromatic heterocycles. The van der Waals surface area contributed by atoms with E-state index in [0.29, 0.717) is 65.4 Å². The summed E-state index contributed by atoms with van der Waals surface area (Å²) < 4.78 is 15.9. The predicted molar refractivity (Wildman–Crippen MR) is 137 cm³/mol. The van der Waals surface area contributed by atoms with Gasteiger partial charge in [0.25, 0.3) is 6.47 Å². The number of carboxylic acids is 1. The van der Waals surface area contributed by atoms with E-state index in [4.69, 9.17) is 14.2 Å². The van der Waals surface area contributed by atoms with Crippen molar-refractivity contribution in [2.75, 3.05) is 78.7 Å². The van der Waals surface area contributed by atoms with Gasteiger partial charge in [-0.05, 0) is 41.5 Å². The molecule has 0 unspecified atom stereocenters. The van der Waals surface area contributed by atoms with Crippen LogP contribution >= 0.6 is 0 Å². The fourth-order valence-corrected chi connectivity index (χ4v) is 3.77. The van der Waals surface area contributed by atoms with Crippen molar-refractivity contribution < 1.29 is 38.5 Å². The van der Waals surface area contributed by atoms with Gasteiger partial charge in [0.1, 0.15) is 17.9 Å². The first-order chi connectivity index (χ1) is 17.2. The molecule has 12 heteroatoms. The van der Waals surface area contributed by atoms with Gasteiger partial charge in [0, 0.05) is 58.9 Å². The zero-order chi connectivity index (χ0) is 28.1. The Morgan fingerprint density at radius 2 is 1.14 bits per heavy atom. The highest BCUT2D eigenvalue weighted by Gasteiger charge is 2.23. The maximum atomic E-state index is 12.5. The van der Waals surface area contributed by atoms with E-state index in [1.54, 1.807) is 0 Å². The molecule has 0 aliphatic carbocycles. The highest BCUT2D eigenvalue weighted by Crippen LogP contribution is 2.10. The van der Waals surface area contributed by atoms with Gasteiger partial charge in [-0.25, -0.2) is 0 Å². The Labute approximate surface area is 220 Å². The van der Waals surface area contributed by atoms with Crippen LogP contribution in [-0.4, -0.2) is 139 Å². The molecule has 12 nitrogen and oxygen atoms in total. The molecule has 0 aromatic carbocycles. The third-order valence-electron chi connectivity index (χ3n) is 5.44. The average molecular weight is 531 g/mol. The summed E-state index contributed by atoms with van der Waals surface area (Å²) in [6.07, 6.45) is 0.213. The first-order valence-corrected chi connectivity index (χ1v) is 12.8. The average Bonchev–Trinajstić information content (AvgIpc) is 2.73. The monoisotopic (exact) mass is 530 g/mol. The van der Waals surface area contributed by atoms with Crippen LogP contribution < -0.4 is 0 Å². The number of hydrogen-bond acceptors (Lipinski definition) is 11. The normalized spacial score (nSPS) is 18.3. The smallest absolute Gasteiger partial charge is 0.320 e. The molecule has 0 spiro atoms. The fraction of sp³-hybridized carbons (Fsp3) is 0.840. The number of aliphatic carboxylic acids is 1. The Kier molecular flexibility index (Phi) is 14.0. The lowest BCUT2D eigenvalue weighted by atomic mass is 10.2. The van der Waals surface area contributed by atoms with Gasteiger partial charge in [-0.2, -0.15) is 0 Å². The number of carboxylic acid groups (broad SMARTS) is 1. The molecule has 1 rings (SSSR count). The number of hydrogen-bond donors (Lipinski definition) is 1. The van der Waals surface area contributed by atoms with Crippen LogP contribution in [0.1, 0.15) is 48.0 Å². The van der Waals surface area contributed by atoms with E-state index in [1.807, 2.05) is 56.2 Å². The minimum atomic E-state index is -0.928. The Bertz CT molecular complexity index is 735. The van der Waals surface area contributed by atoms with Crippen LogP contribution in [0.25, 0.3) is 0 Å². The Morgan fingerprint density at radius 3 is 1.59 bits per heavy atom. The minimum Gasteiger partial charge on any atom is -0.480 e. The molecule has 1 saturated heterocycles. The van der Waals surface area contributed by atoms with Crippen LogP contribution in [-0.2, 0) is 33.4 Å². The van der Waals surface area contributed by atoms with E-state index in [-0.39, 0.29) is 38.2 Å². The van der Waals surface area contributed by atoms with Crippen LogP contribution in [0.15, 0.2) is 0 Å². The van der Waals surface area contributed by atoms with Crippen molar-refractivity contribution in [3.63, 3.8) is 0 Å². The quantitative estimate of drug-likeness (QED) is 0.240. The number of carbonyl (C=O) groups excluding carboxylic acids is 3. The molecule has 0 saturated carbocycles. The molecular weight excluding hydrogens is 484 g/mol. The van der Waals surface area contributed by atoms with Crippen molar-refractivity contribution >= 4 is 24.4 Å². The van der Waals surface area contributed by atoms with Crippen molar-refractivity contribution in [2.45, 2.75) is 59.2 Å². The molecule has 1 N–H and O–H groups in total. The van der Waals surface area contributed by atoms with E-state index in [1.165, 1.54) is 0 Å². The third kappa shape index (κ3) is 17.0. The van der Waals surface area contributed by atoms with Gasteiger partial charge in [0.2, 0.25) is 0 Å². The Hall–Kier alpha value is -2.28. The number of rotatable bonds is 10. The summed E-state index contributed by atoms with van der Waals surface area (Å²) in [5.74, 6) is -1.57. The summed E-state index contributed by atoms with van der Waals surface area (Å²) in [7, 11) is 0. The second kappa shape index (κ2) is 15.9. The van der Waals surface area contributed by atoms with Gasteiger partial charge in [-0.1, -0.05) is 0 Å². The van der Waals surface area contributed by atoms with Crippen LogP contribution in [0.5, 0.6) is 0 Å². The zero-order valence-electron chi connectivity index (χ0n) is 23.4. The molecule has 1 aliphatic rings. The van der Waals surface area contributed by atoms with Crippen molar-refractivity contribution in [3.05, 3.63) is 0 Å². The Morgan fingerprint density at radius 1 is 0.703 bits per heavy atom. The summed E-state index contributed by atoms with van der Waals surface area (Å²) in [6, 6.07) is 0. The lowest BCUT2D eigenvalue weighted by molar-refractivity contribution is -0.157. The first-order valence-electron chi connectivity index (χ1n) is 12.8. The molecule has 0 radical (unpaired) electrons. The van der Waals surface area contributed by atoms with E-state index < -0.39 is 17.2 Å². The van der Waals surface area contributed by atoms with E-state index >= 15 is 0 Å². The van der Waals surface area contributed by atoms with E-state index in [9.17, 15) is 24.3 Å². The highest BCUT2D eigenvalue weighted by atomic mass is 16.6. The second-order valence-corrected chi connectivity index (χ2v) is 11.2. The lowest BCUT2D eigenvalue weighted by Crippen LogP contribution is -2.48. The fourth-order valence-electron chi connectivity index (χ4n) is 3.77. The maximum Gasteiger partial charge on any atom is 0.320 e. The number of esters is 2. The summed E-state index contributed by atoms with van der Waals surface area (Å²) in [5.41, 5.74) is -1.17. The van der Waals surface area contributed by atoms with Crippen LogP contribution in [0.4, 0.5) is 0 Å². The van der Waals surface area contributed by atoms with Crippen molar-refractivity contribution in [1.82, 2.24) is 19.6 Å². The molecule has 1 fully saturated rings. The molecule has 214 valence electrons.